The molecule has 3 aromatic carbocycles. The van der Waals surface area contributed by atoms with E-state index in [0.717, 1.165) is 0 Å². The zero-order valence-corrected chi connectivity index (χ0v) is 12.7. The maximum absolute atomic E-state index is 2.46. The van der Waals surface area contributed by atoms with E-state index in [1.165, 1.54) is 28.7 Å². The lowest BCUT2D eigenvalue weighted by Gasteiger charge is -2.07. The molecule has 0 N–H and O–H groups in total. The van der Waals surface area contributed by atoms with Crippen LogP contribution in [0.3, 0.4) is 0 Å². The Morgan fingerprint density at radius 1 is 0.750 bits per heavy atom. The minimum atomic E-state index is 1.32. The molecular formula is C14H8I2. The molecule has 0 aliphatic rings. The molecule has 3 rings (SSSR count). The van der Waals surface area contributed by atoms with Gasteiger partial charge in [0.05, 0.1) is 0 Å². The van der Waals surface area contributed by atoms with Crippen molar-refractivity contribution in [2.45, 2.75) is 0 Å². The quantitative estimate of drug-likeness (QED) is 0.340. The van der Waals surface area contributed by atoms with Crippen molar-refractivity contribution < 1.29 is 0 Å². The molecular weight excluding hydrogens is 422 g/mol. The summed E-state index contributed by atoms with van der Waals surface area (Å²) in [7, 11) is 0. The molecule has 0 aromatic heterocycles. The summed E-state index contributed by atoms with van der Waals surface area (Å²) in [5.41, 5.74) is 0. The van der Waals surface area contributed by atoms with Crippen LogP contribution in [0.25, 0.3) is 21.5 Å². The molecule has 2 heteroatoms. The standard InChI is InChI=1S/C14H8I2/c15-12-7-3-5-10-8-9-4-1-2-6-11(9)14(16)13(10)12/h1-8H. The Balaban J connectivity index is 2.62. The lowest BCUT2D eigenvalue weighted by Crippen LogP contribution is -1.85. The smallest absolute Gasteiger partial charge is 0.0297 e. The molecule has 0 saturated carbocycles. The zero-order valence-electron chi connectivity index (χ0n) is 8.37. The molecule has 16 heavy (non-hydrogen) atoms. The van der Waals surface area contributed by atoms with Crippen molar-refractivity contribution in [2.24, 2.45) is 0 Å². The highest BCUT2D eigenvalue weighted by Gasteiger charge is 2.06. The number of hydrogen-bond acceptors (Lipinski definition) is 0. The Bertz CT molecular complexity index is 687. The van der Waals surface area contributed by atoms with Gasteiger partial charge in [-0.15, -0.1) is 0 Å². The Hall–Kier alpha value is -0.360. The summed E-state index contributed by atoms with van der Waals surface area (Å²) in [4.78, 5) is 0. The summed E-state index contributed by atoms with van der Waals surface area (Å²) in [5.74, 6) is 0. The van der Waals surface area contributed by atoms with Gasteiger partial charge in [0, 0.05) is 12.5 Å². The van der Waals surface area contributed by atoms with Crippen LogP contribution in [-0.4, -0.2) is 0 Å². The minimum absolute atomic E-state index is 1.32. The minimum Gasteiger partial charge on any atom is -0.0616 e. The fraction of sp³-hybridized carbons (Fsp3) is 0. The molecule has 78 valence electrons. The summed E-state index contributed by atoms with van der Waals surface area (Å²) in [5, 5.41) is 5.37. The first-order chi connectivity index (χ1) is 7.77. The van der Waals surface area contributed by atoms with Crippen molar-refractivity contribution in [3.05, 3.63) is 55.7 Å². The lowest BCUT2D eigenvalue weighted by atomic mass is 10.0. The van der Waals surface area contributed by atoms with Crippen molar-refractivity contribution in [3.63, 3.8) is 0 Å². The predicted molar refractivity (Wildman–Crippen MR) is 86.9 cm³/mol. The van der Waals surface area contributed by atoms with Crippen LogP contribution in [0.1, 0.15) is 0 Å². The molecule has 0 atom stereocenters. The van der Waals surface area contributed by atoms with Gasteiger partial charge in [-0.2, -0.15) is 0 Å². The van der Waals surface area contributed by atoms with Gasteiger partial charge in [-0.3, -0.25) is 0 Å². The second-order valence-electron chi connectivity index (χ2n) is 3.75. The molecule has 0 heterocycles. The molecule has 0 amide bonds. The number of halogens is 2. The van der Waals surface area contributed by atoms with E-state index < -0.39 is 0 Å². The largest absolute Gasteiger partial charge is 0.0616 e. The molecule has 0 saturated heterocycles. The SMILES string of the molecule is Ic1cccc2cc3ccccc3c(I)c12. The maximum atomic E-state index is 2.46. The molecule has 0 unspecified atom stereocenters. The normalized spacial score (nSPS) is 11.1. The summed E-state index contributed by atoms with van der Waals surface area (Å²) in [6, 6.07) is 17.3. The first kappa shape index (κ1) is 10.8. The van der Waals surface area contributed by atoms with E-state index in [1.807, 2.05) is 0 Å². The highest BCUT2D eigenvalue weighted by atomic mass is 127. The highest BCUT2D eigenvalue weighted by molar-refractivity contribution is 14.1. The molecule has 0 nitrogen and oxygen atoms in total. The Morgan fingerprint density at radius 3 is 2.38 bits per heavy atom. The topological polar surface area (TPSA) is 0 Å². The molecule has 0 fully saturated rings. The van der Waals surface area contributed by atoms with E-state index in [2.05, 4.69) is 93.7 Å². The third kappa shape index (κ3) is 1.62. The van der Waals surface area contributed by atoms with Gasteiger partial charge >= 0.3 is 0 Å². The number of rotatable bonds is 0. The van der Waals surface area contributed by atoms with Crippen LogP contribution in [0, 0.1) is 7.14 Å². The van der Waals surface area contributed by atoms with Crippen molar-refractivity contribution in [3.8, 4) is 0 Å². The van der Waals surface area contributed by atoms with Gasteiger partial charge in [0.1, 0.15) is 0 Å². The van der Waals surface area contributed by atoms with Crippen molar-refractivity contribution in [1.29, 1.82) is 0 Å². The number of hydrogen-bond donors (Lipinski definition) is 0. The van der Waals surface area contributed by atoms with Crippen molar-refractivity contribution >= 4 is 66.7 Å². The van der Waals surface area contributed by atoms with Crippen LogP contribution in [0.15, 0.2) is 48.5 Å². The van der Waals surface area contributed by atoms with Crippen LogP contribution in [-0.2, 0) is 0 Å². The second kappa shape index (κ2) is 4.14. The summed E-state index contributed by atoms with van der Waals surface area (Å²) < 4.78 is 2.68. The zero-order chi connectivity index (χ0) is 11.1. The second-order valence-corrected chi connectivity index (χ2v) is 5.99. The van der Waals surface area contributed by atoms with Crippen LogP contribution in [0.2, 0.25) is 0 Å². The highest BCUT2D eigenvalue weighted by Crippen LogP contribution is 2.32. The van der Waals surface area contributed by atoms with E-state index >= 15 is 0 Å². The Morgan fingerprint density at radius 2 is 1.50 bits per heavy atom. The summed E-state index contributed by atoms with van der Waals surface area (Å²) >= 11 is 4.87. The molecule has 0 radical (unpaired) electrons. The molecule has 3 aromatic rings. The van der Waals surface area contributed by atoms with Gasteiger partial charge in [-0.05, 0) is 73.5 Å². The van der Waals surface area contributed by atoms with Crippen molar-refractivity contribution in [1.82, 2.24) is 0 Å². The van der Waals surface area contributed by atoms with Crippen molar-refractivity contribution in [2.75, 3.05) is 0 Å². The van der Waals surface area contributed by atoms with Gasteiger partial charge < -0.3 is 0 Å². The van der Waals surface area contributed by atoms with Gasteiger partial charge in [-0.1, -0.05) is 36.4 Å². The maximum Gasteiger partial charge on any atom is 0.0297 e. The Labute approximate surface area is 121 Å². The number of fused-ring (bicyclic) bond motifs is 2. The van der Waals surface area contributed by atoms with E-state index in [-0.39, 0.29) is 0 Å². The third-order valence-corrected chi connectivity index (χ3v) is 4.79. The van der Waals surface area contributed by atoms with Gasteiger partial charge in [0.2, 0.25) is 0 Å². The third-order valence-electron chi connectivity index (χ3n) is 2.77. The van der Waals surface area contributed by atoms with Gasteiger partial charge in [0.15, 0.2) is 0 Å². The average molecular weight is 430 g/mol. The van der Waals surface area contributed by atoms with E-state index in [4.69, 9.17) is 0 Å². The molecule has 0 spiro atoms. The molecule has 0 bridgehead atoms. The first-order valence-electron chi connectivity index (χ1n) is 5.03. The van der Waals surface area contributed by atoms with E-state index in [1.54, 1.807) is 0 Å². The van der Waals surface area contributed by atoms with Crippen LogP contribution >= 0.6 is 45.2 Å². The number of benzene rings is 3. The van der Waals surface area contributed by atoms with Crippen LogP contribution in [0.5, 0.6) is 0 Å². The lowest BCUT2D eigenvalue weighted by molar-refractivity contribution is 1.70. The average Bonchev–Trinajstić information content (AvgIpc) is 2.29. The predicted octanol–water partition coefficient (Wildman–Crippen LogP) is 5.20. The van der Waals surface area contributed by atoms with Gasteiger partial charge in [0.25, 0.3) is 0 Å². The Kier molecular flexibility index (Phi) is 2.79. The summed E-state index contributed by atoms with van der Waals surface area (Å²) in [6.07, 6.45) is 0. The van der Waals surface area contributed by atoms with E-state index in [0.29, 0.717) is 0 Å². The monoisotopic (exact) mass is 430 g/mol. The van der Waals surface area contributed by atoms with Crippen LogP contribution < -0.4 is 0 Å². The summed E-state index contributed by atoms with van der Waals surface area (Å²) in [6.45, 7) is 0. The fourth-order valence-corrected chi connectivity index (χ4v) is 4.42. The molecule has 0 aliphatic carbocycles. The molecule has 0 aliphatic heterocycles. The van der Waals surface area contributed by atoms with E-state index in [9.17, 15) is 0 Å². The van der Waals surface area contributed by atoms with Gasteiger partial charge in [-0.25, -0.2) is 0 Å². The first-order valence-corrected chi connectivity index (χ1v) is 7.18. The fourth-order valence-electron chi connectivity index (χ4n) is 2.02. The van der Waals surface area contributed by atoms with Crippen LogP contribution in [0.4, 0.5) is 0 Å².